The monoisotopic (exact) mass is 405 g/mol. The first-order valence-corrected chi connectivity index (χ1v) is 10.6. The molecule has 1 unspecified atom stereocenters. The lowest BCUT2D eigenvalue weighted by Crippen LogP contribution is -2.31. The quantitative estimate of drug-likeness (QED) is 0.542. The molecular formula is C14H21ClN5O5P. The second kappa shape index (κ2) is 7.38. The molecule has 2 aromatic rings. The molecule has 1 saturated heterocycles. The zero-order valence-electron chi connectivity index (χ0n) is 14.6. The molecule has 10 nitrogen and oxygen atoms in total. The van der Waals surface area contributed by atoms with E-state index in [9.17, 15) is 9.67 Å². The lowest BCUT2D eigenvalue weighted by molar-refractivity contribution is -0.0276. The first kappa shape index (κ1) is 19.5. The minimum absolute atomic E-state index is 0.0118. The second-order valence-corrected chi connectivity index (χ2v) is 9.27. The molecule has 1 aliphatic heterocycles. The highest BCUT2D eigenvalue weighted by atomic mass is 35.5. The van der Waals surface area contributed by atoms with Crippen LogP contribution in [0.5, 0.6) is 0 Å². The molecular weight excluding hydrogens is 385 g/mol. The summed E-state index contributed by atoms with van der Waals surface area (Å²) >= 11 is 6.01. The Bertz CT molecular complexity index is 846. The molecule has 26 heavy (non-hydrogen) atoms. The van der Waals surface area contributed by atoms with Gasteiger partial charge < -0.3 is 24.8 Å². The van der Waals surface area contributed by atoms with Crippen molar-refractivity contribution in [1.82, 2.24) is 19.5 Å². The summed E-state index contributed by atoms with van der Waals surface area (Å²) in [4.78, 5) is 12.1. The van der Waals surface area contributed by atoms with Crippen molar-refractivity contribution in [1.29, 1.82) is 0 Å². The number of aliphatic hydroxyl groups is 1. The van der Waals surface area contributed by atoms with E-state index in [-0.39, 0.29) is 30.2 Å². The van der Waals surface area contributed by atoms with Crippen LogP contribution in [0.2, 0.25) is 5.15 Å². The van der Waals surface area contributed by atoms with E-state index in [4.69, 9.17) is 31.3 Å². The number of ether oxygens (including phenoxy) is 2. The van der Waals surface area contributed by atoms with E-state index in [2.05, 4.69) is 15.0 Å². The molecule has 1 fully saturated rings. The Kier molecular flexibility index (Phi) is 5.53. The minimum atomic E-state index is -2.92. The van der Waals surface area contributed by atoms with Crippen LogP contribution in [0.3, 0.4) is 0 Å². The van der Waals surface area contributed by atoms with Gasteiger partial charge in [-0.1, -0.05) is 11.6 Å². The Morgan fingerprint density at radius 1 is 1.54 bits per heavy atom. The number of aliphatic hydroxyl groups excluding tert-OH is 1. The third kappa shape index (κ3) is 4.00. The van der Waals surface area contributed by atoms with Crippen molar-refractivity contribution in [3.8, 4) is 0 Å². The Morgan fingerprint density at radius 2 is 2.27 bits per heavy atom. The molecule has 0 spiro atoms. The number of rotatable bonds is 6. The van der Waals surface area contributed by atoms with Gasteiger partial charge in [0.25, 0.3) is 0 Å². The van der Waals surface area contributed by atoms with Crippen molar-refractivity contribution in [3.63, 3.8) is 0 Å². The van der Waals surface area contributed by atoms with Gasteiger partial charge in [0.05, 0.1) is 19.0 Å². The predicted octanol–water partition coefficient (Wildman–Crippen LogP) is 1.63. The zero-order chi connectivity index (χ0) is 19.1. The van der Waals surface area contributed by atoms with E-state index in [0.717, 1.165) is 0 Å². The normalized spacial score (nSPS) is 25.8. The van der Waals surface area contributed by atoms with Crippen LogP contribution in [0.4, 0.5) is 5.95 Å². The molecule has 4 atom stereocenters. The van der Waals surface area contributed by atoms with Crippen molar-refractivity contribution < 1.29 is 23.7 Å². The number of fused-ring (bicyclic) bond motifs is 1. The Labute approximate surface area is 155 Å². The first-order chi connectivity index (χ1) is 12.2. The number of nitrogens with two attached hydrogens (primary N) is 1. The summed E-state index contributed by atoms with van der Waals surface area (Å²) in [6.07, 6.45) is -1.35. The van der Waals surface area contributed by atoms with Crippen molar-refractivity contribution in [2.45, 2.75) is 38.4 Å². The maximum atomic E-state index is 12.3. The second-order valence-electron chi connectivity index (χ2n) is 6.41. The lowest BCUT2D eigenvalue weighted by Gasteiger charge is -2.21. The first-order valence-electron chi connectivity index (χ1n) is 7.99. The highest BCUT2D eigenvalue weighted by molar-refractivity contribution is 7.57. The summed E-state index contributed by atoms with van der Waals surface area (Å²) < 4.78 is 30.4. The van der Waals surface area contributed by atoms with Crippen LogP contribution in [0.15, 0.2) is 6.33 Å². The maximum Gasteiger partial charge on any atom is 0.225 e. The molecule has 0 bridgehead atoms. The molecule has 1 aliphatic rings. The fourth-order valence-corrected chi connectivity index (χ4v) is 4.39. The zero-order valence-corrected chi connectivity index (χ0v) is 16.2. The van der Waals surface area contributed by atoms with Gasteiger partial charge in [0.1, 0.15) is 24.1 Å². The fraction of sp³-hybridized carbons (Fsp3) is 0.643. The largest absolute Gasteiger partial charge is 0.386 e. The van der Waals surface area contributed by atoms with Crippen LogP contribution in [0.25, 0.3) is 11.2 Å². The summed E-state index contributed by atoms with van der Waals surface area (Å²) in [5.74, 6) is -0.0118. The van der Waals surface area contributed by atoms with Gasteiger partial charge in [-0.05, 0) is 13.8 Å². The number of nitrogen functional groups attached to an aromatic ring is 1. The van der Waals surface area contributed by atoms with E-state index in [0.29, 0.717) is 11.2 Å². The van der Waals surface area contributed by atoms with Crippen LogP contribution in [-0.4, -0.2) is 62.6 Å². The summed E-state index contributed by atoms with van der Waals surface area (Å²) in [6, 6.07) is 0. The van der Waals surface area contributed by atoms with Gasteiger partial charge in [0, 0.05) is 6.66 Å². The van der Waals surface area contributed by atoms with Gasteiger partial charge in [0.15, 0.2) is 17.0 Å². The number of halogens is 1. The topological polar surface area (TPSA) is 135 Å². The van der Waals surface area contributed by atoms with Crippen molar-refractivity contribution in [3.05, 3.63) is 11.5 Å². The van der Waals surface area contributed by atoms with E-state index in [1.165, 1.54) is 17.6 Å². The summed E-state index contributed by atoms with van der Waals surface area (Å²) in [6.45, 7) is 5.20. The van der Waals surface area contributed by atoms with Gasteiger partial charge in [-0.2, -0.15) is 9.97 Å². The van der Waals surface area contributed by atoms with E-state index in [1.54, 1.807) is 13.8 Å². The average Bonchev–Trinajstić information content (AvgIpc) is 3.07. The third-order valence-electron chi connectivity index (χ3n) is 3.73. The Balaban J connectivity index is 1.74. The maximum absolute atomic E-state index is 12.3. The molecule has 2 aromatic heterocycles. The Hall–Kier alpha value is -1.29. The molecule has 144 valence electrons. The van der Waals surface area contributed by atoms with Gasteiger partial charge in [-0.25, -0.2) is 4.98 Å². The van der Waals surface area contributed by atoms with Gasteiger partial charge in [-0.15, -0.1) is 0 Å². The number of nitrogens with zero attached hydrogens (tertiary/aromatic N) is 4. The van der Waals surface area contributed by atoms with Gasteiger partial charge in [0.2, 0.25) is 13.3 Å². The number of anilines is 1. The molecule has 3 rings (SSSR count). The molecule has 3 heterocycles. The molecule has 0 saturated carbocycles. The Morgan fingerprint density at radius 3 is 2.96 bits per heavy atom. The lowest BCUT2D eigenvalue weighted by atomic mass is 10.2. The SMILES string of the molecule is CC(C)OP(C)(=O)CO[C@H]1CO[C@@H](n2cnc3c(Cl)nc(N)nc32)[C@@H]1O. The summed E-state index contributed by atoms with van der Waals surface area (Å²) in [5.41, 5.74) is 6.32. The van der Waals surface area contributed by atoms with E-state index >= 15 is 0 Å². The number of aromatic nitrogens is 4. The molecule has 0 amide bonds. The third-order valence-corrected chi connectivity index (χ3v) is 5.48. The van der Waals surface area contributed by atoms with Crippen molar-refractivity contribution in [2.24, 2.45) is 0 Å². The summed E-state index contributed by atoms with van der Waals surface area (Å²) in [7, 11) is -2.92. The van der Waals surface area contributed by atoms with Crippen LogP contribution in [-0.2, 0) is 18.6 Å². The number of imidazole rings is 1. The number of hydrogen-bond donors (Lipinski definition) is 2. The van der Waals surface area contributed by atoms with Gasteiger partial charge >= 0.3 is 0 Å². The van der Waals surface area contributed by atoms with Crippen molar-refractivity contribution in [2.75, 3.05) is 25.4 Å². The van der Waals surface area contributed by atoms with Gasteiger partial charge in [-0.3, -0.25) is 9.13 Å². The van der Waals surface area contributed by atoms with Crippen LogP contribution < -0.4 is 5.73 Å². The number of hydrogen-bond acceptors (Lipinski definition) is 9. The smallest absolute Gasteiger partial charge is 0.225 e. The van der Waals surface area contributed by atoms with Crippen LogP contribution in [0, 0.1) is 0 Å². The molecule has 0 aliphatic carbocycles. The summed E-state index contributed by atoms with van der Waals surface area (Å²) in [5, 5.41) is 10.7. The highest BCUT2D eigenvalue weighted by Crippen LogP contribution is 2.44. The molecule has 0 aromatic carbocycles. The van der Waals surface area contributed by atoms with Crippen molar-refractivity contribution >= 4 is 36.1 Å². The molecule has 3 N–H and O–H groups in total. The predicted molar refractivity (Wildman–Crippen MR) is 95.2 cm³/mol. The standard InChI is InChI=1S/C14H21ClN5O5P/c1-7(2)25-26(3,22)6-24-8-4-23-13(10(8)21)20-5-17-9-11(15)18-14(16)19-12(9)20/h5,7-8,10,13,21H,4,6H2,1-3H3,(H2,16,18,19)/t8-,10+,13+,26?/m0/s1. The minimum Gasteiger partial charge on any atom is -0.386 e. The highest BCUT2D eigenvalue weighted by Gasteiger charge is 2.40. The molecule has 0 radical (unpaired) electrons. The fourth-order valence-electron chi connectivity index (χ4n) is 2.76. The molecule has 12 heteroatoms. The van der Waals surface area contributed by atoms with E-state index in [1.807, 2.05) is 0 Å². The van der Waals surface area contributed by atoms with Crippen LogP contribution in [0.1, 0.15) is 20.1 Å². The van der Waals surface area contributed by atoms with Crippen LogP contribution >= 0.6 is 19.0 Å². The average molecular weight is 406 g/mol. The van der Waals surface area contributed by atoms with E-state index < -0.39 is 25.8 Å².